The minimum absolute atomic E-state index is 0.0718. The first-order valence-corrected chi connectivity index (χ1v) is 12.1. The number of carbonyl (C=O) groups is 1. The number of aryl methyl sites for hydroxylation is 1. The molecule has 0 aliphatic heterocycles. The van der Waals surface area contributed by atoms with Crippen LogP contribution in [0, 0.1) is 6.92 Å². The van der Waals surface area contributed by atoms with Crippen molar-refractivity contribution in [1.29, 1.82) is 0 Å². The molecule has 0 spiro atoms. The van der Waals surface area contributed by atoms with Crippen LogP contribution in [-0.2, 0) is 7.05 Å². The number of nitrogen functional groups attached to an aromatic ring is 1. The molecule has 4 aromatic rings. The van der Waals surface area contributed by atoms with Crippen LogP contribution in [0.2, 0.25) is 0 Å². The lowest BCUT2D eigenvalue weighted by Gasteiger charge is -2.30. The Morgan fingerprint density at radius 3 is 2.51 bits per heavy atom. The molecular weight excluding hydrogens is 440 g/mol. The van der Waals surface area contributed by atoms with E-state index in [1.165, 1.54) is 6.42 Å². The van der Waals surface area contributed by atoms with Gasteiger partial charge in [-0.2, -0.15) is 0 Å². The number of benzene rings is 2. The van der Waals surface area contributed by atoms with Gasteiger partial charge in [-0.05, 0) is 64.3 Å². The van der Waals surface area contributed by atoms with Crippen molar-refractivity contribution in [2.45, 2.75) is 52.1 Å². The molecular formula is C27H32N6O2. The topological polar surface area (TPSA) is 99.1 Å². The quantitative estimate of drug-likeness (QED) is 0.321. The zero-order valence-electron chi connectivity index (χ0n) is 20.6. The van der Waals surface area contributed by atoms with Crippen LogP contribution in [0.4, 0.5) is 16.2 Å². The van der Waals surface area contributed by atoms with Crippen molar-refractivity contribution >= 4 is 28.3 Å². The Morgan fingerprint density at radius 1 is 1.17 bits per heavy atom. The number of ether oxygens (including phenoxy) is 1. The lowest BCUT2D eigenvalue weighted by Crippen LogP contribution is -2.34. The van der Waals surface area contributed by atoms with Gasteiger partial charge in [-0.15, -0.1) is 0 Å². The summed E-state index contributed by atoms with van der Waals surface area (Å²) in [7, 11) is 1.94. The fraction of sp³-hybridized carbons (Fsp3) is 0.333. The second-order valence-corrected chi connectivity index (χ2v) is 9.57. The molecule has 8 nitrogen and oxygen atoms in total. The van der Waals surface area contributed by atoms with Gasteiger partial charge in [-0.3, -0.25) is 0 Å². The average Bonchev–Trinajstić information content (AvgIpc) is 3.24. The van der Waals surface area contributed by atoms with Gasteiger partial charge in [0, 0.05) is 47.5 Å². The lowest BCUT2D eigenvalue weighted by molar-refractivity contribution is 0.250. The van der Waals surface area contributed by atoms with E-state index >= 15 is 0 Å². The number of urea groups is 1. The summed E-state index contributed by atoms with van der Waals surface area (Å²) in [5, 5.41) is 6.72. The van der Waals surface area contributed by atoms with Crippen molar-refractivity contribution in [3.8, 4) is 23.0 Å². The Hall–Kier alpha value is -3.94. The molecule has 2 amide bonds. The highest BCUT2D eigenvalue weighted by Gasteiger charge is 2.27. The van der Waals surface area contributed by atoms with Gasteiger partial charge in [-0.25, -0.2) is 9.78 Å². The molecule has 0 radical (unpaired) electrons. The van der Waals surface area contributed by atoms with E-state index in [-0.39, 0.29) is 12.1 Å². The molecule has 2 heterocycles. The maximum absolute atomic E-state index is 12.1. The Balaban J connectivity index is 1.52. The summed E-state index contributed by atoms with van der Waals surface area (Å²) in [6, 6.07) is 14.7. The van der Waals surface area contributed by atoms with Gasteiger partial charge in [0.25, 0.3) is 0 Å². The second kappa shape index (κ2) is 9.02. The standard InChI is InChI=1S/C27H32N6O2/c1-16(2)30-26(34)31-19-10-8-18(9-11-19)25-24(28)22-13-12-21(35-27-29-15-17(3)32(27)4)14-23(22)33(25)20-6-5-7-20/h8-16,20H,5-7,28H2,1-4H3,(H2,30,31,34). The number of fused-ring (bicyclic) bond motifs is 1. The van der Waals surface area contributed by atoms with E-state index in [0.29, 0.717) is 12.1 Å². The first kappa shape index (κ1) is 22.8. The fourth-order valence-electron chi connectivity index (χ4n) is 4.51. The van der Waals surface area contributed by atoms with E-state index in [0.717, 1.165) is 57.8 Å². The summed E-state index contributed by atoms with van der Waals surface area (Å²) in [4.78, 5) is 16.4. The molecule has 1 fully saturated rings. The predicted octanol–water partition coefficient (Wildman–Crippen LogP) is 5.98. The van der Waals surface area contributed by atoms with E-state index in [1.54, 1.807) is 6.20 Å². The summed E-state index contributed by atoms with van der Waals surface area (Å²) < 4.78 is 10.4. The molecule has 0 unspecified atom stereocenters. The van der Waals surface area contributed by atoms with Crippen molar-refractivity contribution < 1.29 is 9.53 Å². The van der Waals surface area contributed by atoms with E-state index in [9.17, 15) is 4.79 Å². The SMILES string of the molecule is Cc1cnc(Oc2ccc3c(N)c(-c4ccc(NC(=O)NC(C)C)cc4)n(C4CCC4)c3c2)n1C. The highest BCUT2D eigenvalue weighted by atomic mass is 16.5. The number of amides is 2. The van der Waals surface area contributed by atoms with Gasteiger partial charge in [-0.1, -0.05) is 12.1 Å². The van der Waals surface area contributed by atoms with Crippen molar-refractivity contribution in [1.82, 2.24) is 19.4 Å². The van der Waals surface area contributed by atoms with Gasteiger partial charge < -0.3 is 30.2 Å². The van der Waals surface area contributed by atoms with Crippen LogP contribution in [0.25, 0.3) is 22.2 Å². The molecule has 5 rings (SSSR count). The minimum atomic E-state index is -0.216. The second-order valence-electron chi connectivity index (χ2n) is 9.57. The summed E-state index contributed by atoms with van der Waals surface area (Å²) in [6.07, 6.45) is 5.25. The van der Waals surface area contributed by atoms with Gasteiger partial charge in [0.2, 0.25) is 0 Å². The van der Waals surface area contributed by atoms with Crippen LogP contribution in [0.5, 0.6) is 11.8 Å². The summed E-state index contributed by atoms with van der Waals surface area (Å²) in [6.45, 7) is 5.85. The Kier molecular flexibility index (Phi) is 5.88. The first-order chi connectivity index (χ1) is 16.8. The molecule has 4 N–H and O–H groups in total. The van der Waals surface area contributed by atoms with Gasteiger partial charge in [0.15, 0.2) is 0 Å². The summed E-state index contributed by atoms with van der Waals surface area (Å²) in [5.74, 6) is 0.728. The molecule has 0 atom stereocenters. The number of rotatable bonds is 6. The van der Waals surface area contributed by atoms with E-state index < -0.39 is 0 Å². The summed E-state index contributed by atoms with van der Waals surface area (Å²) in [5.41, 5.74) is 12.3. The number of nitrogens with zero attached hydrogens (tertiary/aromatic N) is 3. The first-order valence-electron chi connectivity index (χ1n) is 12.1. The number of nitrogens with two attached hydrogens (primary N) is 1. The normalized spacial score (nSPS) is 13.7. The van der Waals surface area contributed by atoms with Crippen LogP contribution in [0.1, 0.15) is 44.8 Å². The number of nitrogens with one attached hydrogen (secondary N) is 2. The van der Waals surface area contributed by atoms with Gasteiger partial charge in [0.05, 0.1) is 23.1 Å². The van der Waals surface area contributed by atoms with Crippen molar-refractivity contribution in [2.75, 3.05) is 11.1 Å². The number of hydrogen-bond acceptors (Lipinski definition) is 4. The molecule has 0 saturated heterocycles. The zero-order valence-corrected chi connectivity index (χ0v) is 20.6. The third-order valence-electron chi connectivity index (χ3n) is 6.68. The Morgan fingerprint density at radius 2 is 1.91 bits per heavy atom. The molecule has 2 aromatic heterocycles. The van der Waals surface area contributed by atoms with Crippen LogP contribution in [0.15, 0.2) is 48.7 Å². The maximum atomic E-state index is 12.1. The molecule has 1 aliphatic rings. The molecule has 2 aromatic carbocycles. The van der Waals surface area contributed by atoms with Crippen LogP contribution < -0.4 is 21.1 Å². The van der Waals surface area contributed by atoms with Gasteiger partial charge in [0.1, 0.15) is 5.75 Å². The lowest BCUT2D eigenvalue weighted by atomic mass is 9.92. The molecule has 1 aliphatic carbocycles. The highest BCUT2D eigenvalue weighted by molar-refractivity contribution is 6.02. The number of anilines is 2. The maximum Gasteiger partial charge on any atom is 0.319 e. The monoisotopic (exact) mass is 472 g/mol. The van der Waals surface area contributed by atoms with E-state index in [1.807, 2.05) is 68.8 Å². The number of hydrogen-bond donors (Lipinski definition) is 3. The van der Waals surface area contributed by atoms with Crippen molar-refractivity contribution in [3.05, 3.63) is 54.4 Å². The number of carbonyl (C=O) groups excluding carboxylic acids is 1. The average molecular weight is 473 g/mol. The molecule has 0 bridgehead atoms. The van der Waals surface area contributed by atoms with Crippen LogP contribution >= 0.6 is 0 Å². The minimum Gasteiger partial charge on any atom is -0.425 e. The Labute approximate surface area is 205 Å². The van der Waals surface area contributed by atoms with Gasteiger partial charge >= 0.3 is 12.0 Å². The Bertz CT molecular complexity index is 1380. The summed E-state index contributed by atoms with van der Waals surface area (Å²) >= 11 is 0. The van der Waals surface area contributed by atoms with E-state index in [4.69, 9.17) is 10.5 Å². The molecule has 182 valence electrons. The smallest absolute Gasteiger partial charge is 0.319 e. The third-order valence-corrected chi connectivity index (χ3v) is 6.68. The number of aromatic nitrogens is 3. The fourth-order valence-corrected chi connectivity index (χ4v) is 4.51. The number of imidazole rings is 1. The zero-order chi connectivity index (χ0) is 24.7. The third kappa shape index (κ3) is 4.32. The van der Waals surface area contributed by atoms with E-state index in [2.05, 4.69) is 26.3 Å². The molecule has 1 saturated carbocycles. The molecule has 8 heteroatoms. The largest absolute Gasteiger partial charge is 0.425 e. The van der Waals surface area contributed by atoms with Crippen LogP contribution in [0.3, 0.4) is 0 Å². The van der Waals surface area contributed by atoms with Crippen molar-refractivity contribution in [2.24, 2.45) is 7.05 Å². The van der Waals surface area contributed by atoms with Crippen LogP contribution in [-0.4, -0.2) is 26.2 Å². The predicted molar refractivity (Wildman–Crippen MR) is 140 cm³/mol. The highest BCUT2D eigenvalue weighted by Crippen LogP contribution is 2.45. The molecule has 35 heavy (non-hydrogen) atoms. The van der Waals surface area contributed by atoms with Crippen molar-refractivity contribution in [3.63, 3.8) is 0 Å².